The highest BCUT2D eigenvalue weighted by atomic mass is 16.5. The first-order valence-corrected chi connectivity index (χ1v) is 19.3. The van der Waals surface area contributed by atoms with Gasteiger partial charge in [0, 0.05) is 52.6 Å². The summed E-state index contributed by atoms with van der Waals surface area (Å²) in [7, 11) is 3.32. The topological polar surface area (TPSA) is 132 Å². The molecule has 3 aromatic carbocycles. The lowest BCUT2D eigenvalue weighted by Gasteiger charge is -2.61. The average Bonchev–Trinajstić information content (AvgIpc) is 3.57. The number of methoxy groups -OCH3 is 1. The molecule has 6 fully saturated rings. The minimum Gasteiger partial charge on any atom is -0.495 e. The Bertz CT molecular complexity index is 1890. The van der Waals surface area contributed by atoms with Gasteiger partial charge in [0.25, 0.3) is 0 Å². The largest absolute Gasteiger partial charge is 0.495 e. The number of carbonyl (C=O) groups excluding carboxylic acids is 4. The Morgan fingerprint density at radius 1 is 0.868 bits per heavy atom. The molecule has 4 bridgehead atoms. The lowest BCUT2D eigenvalue weighted by Crippen LogP contribution is -2.63. The van der Waals surface area contributed by atoms with Crippen molar-refractivity contribution in [2.24, 2.45) is 22.7 Å². The van der Waals surface area contributed by atoms with E-state index in [1.165, 1.54) is 0 Å². The van der Waals surface area contributed by atoms with Crippen LogP contribution in [0.5, 0.6) is 5.75 Å². The lowest BCUT2D eigenvalue weighted by molar-refractivity contribution is -0.175. The number of amides is 4. The Morgan fingerprint density at radius 3 is 2.26 bits per heavy atom. The highest BCUT2D eigenvalue weighted by Crippen LogP contribution is 2.66. The second kappa shape index (κ2) is 14.0. The van der Waals surface area contributed by atoms with Gasteiger partial charge >= 0.3 is 0 Å². The first kappa shape index (κ1) is 35.4. The molecule has 5 atom stereocenters. The van der Waals surface area contributed by atoms with Gasteiger partial charge in [-0.3, -0.25) is 19.2 Å². The number of aliphatic hydroxyl groups excluding tert-OH is 1. The van der Waals surface area contributed by atoms with Crippen molar-refractivity contribution in [2.45, 2.75) is 69.6 Å². The Labute approximate surface area is 311 Å². The molecular weight excluding hydrogens is 670 g/mol. The summed E-state index contributed by atoms with van der Waals surface area (Å²) >= 11 is 0. The Balaban J connectivity index is 1.03. The van der Waals surface area contributed by atoms with Crippen molar-refractivity contribution in [2.75, 3.05) is 51.8 Å². The van der Waals surface area contributed by atoms with Gasteiger partial charge in [0.1, 0.15) is 17.8 Å². The molecule has 53 heavy (non-hydrogen) atoms. The number of benzene rings is 3. The van der Waals surface area contributed by atoms with E-state index in [-0.39, 0.29) is 37.1 Å². The minimum atomic E-state index is -0.907. The Morgan fingerprint density at radius 2 is 1.55 bits per heavy atom. The minimum absolute atomic E-state index is 0.0123. The van der Waals surface area contributed by atoms with Crippen molar-refractivity contribution in [3.05, 3.63) is 72.3 Å². The number of nitrogens with one attached hydrogen (secondary N) is 2. The molecule has 4 unspecified atom stereocenters. The van der Waals surface area contributed by atoms with Gasteiger partial charge < -0.3 is 35.2 Å². The molecule has 11 heteroatoms. The van der Waals surface area contributed by atoms with Gasteiger partial charge in [0.15, 0.2) is 0 Å². The molecule has 0 aromatic heterocycles. The first-order valence-electron chi connectivity index (χ1n) is 19.3. The van der Waals surface area contributed by atoms with Crippen molar-refractivity contribution in [3.8, 4) is 5.75 Å². The fourth-order valence-corrected chi connectivity index (χ4v) is 11.0. The van der Waals surface area contributed by atoms with Crippen LogP contribution in [0.2, 0.25) is 0 Å². The number of nitrogens with zero attached hydrogens (tertiary/aromatic N) is 3. The second-order valence-electron chi connectivity index (χ2n) is 16.4. The smallest absolute Gasteiger partial charge is 0.245 e. The number of carbonyl (C=O) groups is 4. The summed E-state index contributed by atoms with van der Waals surface area (Å²) in [4.78, 5) is 62.4. The molecule has 4 amide bonds. The summed E-state index contributed by atoms with van der Waals surface area (Å²) < 4.78 is 5.59. The number of piperazine rings is 1. The molecule has 0 spiro atoms. The molecule has 2 heterocycles. The summed E-state index contributed by atoms with van der Waals surface area (Å²) in [5.41, 5.74) is 0.619. The number of hydrogen-bond donors (Lipinski definition) is 3. The van der Waals surface area contributed by atoms with E-state index in [4.69, 9.17) is 4.74 Å². The van der Waals surface area contributed by atoms with Crippen LogP contribution in [0, 0.1) is 22.7 Å². The van der Waals surface area contributed by atoms with E-state index in [9.17, 15) is 24.3 Å². The molecule has 3 aromatic rings. The zero-order valence-corrected chi connectivity index (χ0v) is 30.8. The Hall–Kier alpha value is -4.64. The van der Waals surface area contributed by atoms with E-state index in [1.807, 2.05) is 65.6 Å². The number of ether oxygens (including phenoxy) is 1. The van der Waals surface area contributed by atoms with E-state index < -0.39 is 34.9 Å². The number of anilines is 1. The summed E-state index contributed by atoms with van der Waals surface area (Å²) in [6, 6.07) is 20.2. The van der Waals surface area contributed by atoms with Crippen LogP contribution < -0.4 is 20.3 Å². The number of hydrogen-bond acceptors (Lipinski definition) is 7. The molecule has 9 rings (SSSR count). The number of likely N-dealkylation sites (tertiary alicyclic amines) is 1. The van der Waals surface area contributed by atoms with Crippen molar-refractivity contribution < 1.29 is 29.0 Å². The normalized spacial score (nSPS) is 29.6. The summed E-state index contributed by atoms with van der Waals surface area (Å²) in [5, 5.41) is 19.0. The molecule has 11 nitrogen and oxygen atoms in total. The number of para-hydroxylation sites is 2. The second-order valence-corrected chi connectivity index (χ2v) is 16.4. The fraction of sp³-hybridized carbons (Fsp3) is 0.524. The predicted octanol–water partition coefficient (Wildman–Crippen LogP) is 3.52. The SMILES string of the molecule is CNC(=O)C12CC3CC(C1)CC(C(=O)N1C[C@H](O)CC1C(=O)NC(Cc1ccc4ccccc4c1)C(=O)N1CCN(c4ccccc4OC)CC1)(C3)C2. The van der Waals surface area contributed by atoms with Crippen LogP contribution in [0.3, 0.4) is 0 Å². The van der Waals surface area contributed by atoms with Gasteiger partial charge in [-0.2, -0.15) is 0 Å². The summed E-state index contributed by atoms with van der Waals surface area (Å²) in [6.45, 7) is 2.25. The fourth-order valence-electron chi connectivity index (χ4n) is 11.0. The highest BCUT2D eigenvalue weighted by molar-refractivity contribution is 5.95. The van der Waals surface area contributed by atoms with Crippen molar-refractivity contribution >= 4 is 40.1 Å². The molecule has 2 saturated heterocycles. The summed E-state index contributed by atoms with van der Waals surface area (Å²) in [6.07, 6.45) is 4.09. The first-order chi connectivity index (χ1) is 25.6. The number of fused-ring (bicyclic) bond motifs is 1. The molecule has 2 aliphatic heterocycles. The van der Waals surface area contributed by atoms with E-state index in [1.54, 1.807) is 19.1 Å². The molecule has 3 N–H and O–H groups in total. The molecule has 6 aliphatic rings. The predicted molar refractivity (Wildman–Crippen MR) is 201 cm³/mol. The zero-order valence-electron chi connectivity index (χ0n) is 30.8. The number of β-amino-alcohol motifs (C(OH)–C–C–N with tert-alkyl or cyclic N) is 1. The van der Waals surface area contributed by atoms with Crippen LogP contribution in [0.15, 0.2) is 66.7 Å². The van der Waals surface area contributed by atoms with Crippen LogP contribution in [0.1, 0.15) is 50.5 Å². The third kappa shape index (κ3) is 6.51. The van der Waals surface area contributed by atoms with Crippen LogP contribution >= 0.6 is 0 Å². The lowest BCUT2D eigenvalue weighted by atomic mass is 9.43. The van der Waals surface area contributed by atoms with E-state index >= 15 is 0 Å². The molecular formula is C42H51N5O6. The third-order valence-electron chi connectivity index (χ3n) is 13.0. The maximum atomic E-state index is 14.7. The van der Waals surface area contributed by atoms with Gasteiger partial charge in [0.2, 0.25) is 23.6 Å². The van der Waals surface area contributed by atoms with Gasteiger partial charge in [-0.25, -0.2) is 0 Å². The van der Waals surface area contributed by atoms with Crippen LogP contribution in [-0.4, -0.2) is 104 Å². The van der Waals surface area contributed by atoms with E-state index in [0.717, 1.165) is 47.0 Å². The quantitative estimate of drug-likeness (QED) is 0.308. The van der Waals surface area contributed by atoms with Gasteiger partial charge in [-0.05, 0) is 78.8 Å². The summed E-state index contributed by atoms with van der Waals surface area (Å²) in [5.74, 6) is 0.668. The number of rotatable bonds is 9. The highest BCUT2D eigenvalue weighted by Gasteiger charge is 2.64. The maximum Gasteiger partial charge on any atom is 0.245 e. The Kier molecular flexibility index (Phi) is 9.33. The van der Waals surface area contributed by atoms with Crippen molar-refractivity contribution in [3.63, 3.8) is 0 Å². The maximum absolute atomic E-state index is 14.7. The standard InChI is InChI=1S/C42H51N5O6/c1-43-39(51)41-21-28-17-29(22-41)24-42(23-28,26-41)40(52)47-25-32(48)20-35(47)37(49)44-33(19-27-11-12-30-7-3-4-8-31(30)18-27)38(50)46-15-13-45(14-16-46)34-9-5-6-10-36(34)53-2/h3-12,18,28-29,32-33,35,48H,13-17,19-26H2,1-2H3,(H,43,51)(H,44,49)/t28?,29?,32-,33?,35?,41?,42?/m1/s1. The van der Waals surface area contributed by atoms with Crippen LogP contribution in [-0.2, 0) is 25.6 Å². The monoisotopic (exact) mass is 721 g/mol. The van der Waals surface area contributed by atoms with Crippen LogP contribution in [0.25, 0.3) is 10.8 Å². The number of aliphatic hydroxyl groups is 1. The average molecular weight is 722 g/mol. The molecule has 4 saturated carbocycles. The van der Waals surface area contributed by atoms with E-state index in [0.29, 0.717) is 57.3 Å². The molecule has 0 radical (unpaired) electrons. The molecule has 4 aliphatic carbocycles. The van der Waals surface area contributed by atoms with Gasteiger partial charge in [-0.15, -0.1) is 0 Å². The molecule has 280 valence electrons. The van der Waals surface area contributed by atoms with Crippen LogP contribution in [0.4, 0.5) is 5.69 Å². The van der Waals surface area contributed by atoms with Gasteiger partial charge in [0.05, 0.1) is 29.7 Å². The third-order valence-corrected chi connectivity index (χ3v) is 13.0. The van der Waals surface area contributed by atoms with Crippen molar-refractivity contribution in [1.29, 1.82) is 0 Å². The van der Waals surface area contributed by atoms with E-state index in [2.05, 4.69) is 21.6 Å². The van der Waals surface area contributed by atoms with Crippen molar-refractivity contribution in [1.82, 2.24) is 20.4 Å². The van der Waals surface area contributed by atoms with Gasteiger partial charge in [-0.1, -0.05) is 54.6 Å². The zero-order chi connectivity index (χ0) is 36.9.